The Balaban J connectivity index is 2.36. The smallest absolute Gasteiger partial charge is 0.309 e. The van der Waals surface area contributed by atoms with Crippen molar-refractivity contribution in [1.29, 1.82) is 0 Å². The third kappa shape index (κ3) is 5.50. The summed E-state index contributed by atoms with van der Waals surface area (Å²) in [5, 5.41) is 0. The van der Waals surface area contributed by atoms with Crippen LogP contribution >= 0.6 is 0 Å². The maximum atomic E-state index is 11.1. The summed E-state index contributed by atoms with van der Waals surface area (Å²) < 4.78 is 4.63. The van der Waals surface area contributed by atoms with Crippen molar-refractivity contribution in [3.05, 3.63) is 35.4 Å². The summed E-state index contributed by atoms with van der Waals surface area (Å²) in [5.74, 6) is -0.194. The Hall–Kier alpha value is -1.35. The van der Waals surface area contributed by atoms with E-state index in [1.54, 1.807) is 0 Å². The second-order valence-corrected chi connectivity index (χ2v) is 4.17. The zero-order valence-corrected chi connectivity index (χ0v) is 10.4. The minimum Gasteiger partial charge on any atom is -0.469 e. The van der Waals surface area contributed by atoms with E-state index in [9.17, 15) is 4.79 Å². The van der Waals surface area contributed by atoms with Gasteiger partial charge in [0.05, 0.1) is 13.5 Å². The number of methoxy groups -OCH3 is 1. The Bertz CT molecular complexity index is 333. The first kappa shape index (κ1) is 13.7. The fourth-order valence-electron chi connectivity index (χ4n) is 1.71. The van der Waals surface area contributed by atoms with E-state index in [2.05, 4.69) is 16.9 Å². The van der Waals surface area contributed by atoms with Gasteiger partial charge < -0.3 is 10.5 Å². The largest absolute Gasteiger partial charge is 0.469 e. The molecule has 0 fully saturated rings. The van der Waals surface area contributed by atoms with E-state index in [0.29, 0.717) is 6.42 Å². The molecule has 0 aliphatic heterocycles. The molecule has 0 unspecified atom stereocenters. The number of esters is 1. The number of unbranched alkanes of at least 4 members (excludes halogenated alkanes) is 2. The van der Waals surface area contributed by atoms with Gasteiger partial charge in [-0.2, -0.15) is 0 Å². The quantitative estimate of drug-likeness (QED) is 0.581. The topological polar surface area (TPSA) is 52.3 Å². The summed E-state index contributed by atoms with van der Waals surface area (Å²) in [7, 11) is 1.41. The first-order valence-electron chi connectivity index (χ1n) is 6.11. The molecular weight excluding hydrogens is 214 g/mol. The first-order chi connectivity index (χ1) is 8.26. The lowest BCUT2D eigenvalue weighted by atomic mass is 10.0. The predicted octanol–water partition coefficient (Wildman–Crippen LogP) is 2.07. The average molecular weight is 235 g/mol. The highest BCUT2D eigenvalue weighted by molar-refractivity contribution is 5.72. The molecule has 0 aliphatic rings. The highest BCUT2D eigenvalue weighted by atomic mass is 16.5. The Morgan fingerprint density at radius 1 is 1.12 bits per heavy atom. The molecule has 0 radical (unpaired) electrons. The van der Waals surface area contributed by atoms with Crippen molar-refractivity contribution in [2.75, 3.05) is 13.7 Å². The molecule has 3 heteroatoms. The molecule has 0 amide bonds. The van der Waals surface area contributed by atoms with Crippen LogP contribution in [0.5, 0.6) is 0 Å². The molecule has 0 heterocycles. The molecular formula is C14H21NO2. The Kier molecular flexibility index (Phi) is 6.33. The van der Waals surface area contributed by atoms with Crippen LogP contribution in [0.2, 0.25) is 0 Å². The lowest BCUT2D eigenvalue weighted by Gasteiger charge is -2.03. The summed E-state index contributed by atoms with van der Waals surface area (Å²) in [6, 6.07) is 8.16. The number of benzene rings is 1. The predicted molar refractivity (Wildman–Crippen MR) is 68.8 cm³/mol. The van der Waals surface area contributed by atoms with Gasteiger partial charge in [-0.25, -0.2) is 0 Å². The van der Waals surface area contributed by atoms with Gasteiger partial charge in [0.15, 0.2) is 0 Å². The van der Waals surface area contributed by atoms with Crippen LogP contribution < -0.4 is 5.73 Å². The summed E-state index contributed by atoms with van der Waals surface area (Å²) in [5.41, 5.74) is 7.76. The van der Waals surface area contributed by atoms with E-state index < -0.39 is 0 Å². The zero-order chi connectivity index (χ0) is 12.5. The van der Waals surface area contributed by atoms with Gasteiger partial charge in [-0.05, 0) is 36.9 Å². The van der Waals surface area contributed by atoms with Crippen LogP contribution in [0.1, 0.15) is 30.4 Å². The maximum absolute atomic E-state index is 11.1. The molecule has 94 valence electrons. The van der Waals surface area contributed by atoms with Gasteiger partial charge in [-0.1, -0.05) is 30.7 Å². The lowest BCUT2D eigenvalue weighted by molar-refractivity contribution is -0.139. The molecule has 0 spiro atoms. The number of rotatable bonds is 7. The van der Waals surface area contributed by atoms with E-state index in [0.717, 1.165) is 24.9 Å². The van der Waals surface area contributed by atoms with Gasteiger partial charge in [-0.15, -0.1) is 0 Å². The normalized spacial score (nSPS) is 10.2. The Morgan fingerprint density at radius 2 is 1.76 bits per heavy atom. The molecule has 0 atom stereocenters. The van der Waals surface area contributed by atoms with Crippen molar-refractivity contribution < 1.29 is 9.53 Å². The third-order valence-corrected chi connectivity index (χ3v) is 2.77. The zero-order valence-electron chi connectivity index (χ0n) is 10.4. The lowest BCUT2D eigenvalue weighted by Crippen LogP contribution is -2.04. The van der Waals surface area contributed by atoms with Crippen molar-refractivity contribution >= 4 is 5.97 Å². The van der Waals surface area contributed by atoms with E-state index in [1.165, 1.54) is 25.5 Å². The molecule has 1 aromatic rings. The van der Waals surface area contributed by atoms with Crippen LogP contribution in [0.3, 0.4) is 0 Å². The standard InChI is InChI=1S/C14H21NO2/c1-17-14(16)11-13-8-6-12(7-9-13)5-3-2-4-10-15/h6-9H,2-5,10-11,15H2,1H3. The van der Waals surface area contributed by atoms with Gasteiger partial charge in [0.2, 0.25) is 0 Å². The van der Waals surface area contributed by atoms with E-state index in [1.807, 2.05) is 12.1 Å². The third-order valence-electron chi connectivity index (χ3n) is 2.77. The van der Waals surface area contributed by atoms with Gasteiger partial charge >= 0.3 is 5.97 Å². The van der Waals surface area contributed by atoms with E-state index in [4.69, 9.17) is 5.73 Å². The van der Waals surface area contributed by atoms with Crippen LogP contribution in [-0.4, -0.2) is 19.6 Å². The number of hydrogen-bond donors (Lipinski definition) is 1. The molecule has 2 N–H and O–H groups in total. The molecule has 3 nitrogen and oxygen atoms in total. The highest BCUT2D eigenvalue weighted by Crippen LogP contribution is 2.09. The number of nitrogens with two attached hydrogens (primary N) is 1. The minimum atomic E-state index is -0.194. The molecule has 0 aromatic heterocycles. The minimum absolute atomic E-state index is 0.194. The second kappa shape index (κ2) is 7.85. The van der Waals surface area contributed by atoms with Crippen molar-refractivity contribution in [3.8, 4) is 0 Å². The molecule has 0 aliphatic carbocycles. The van der Waals surface area contributed by atoms with E-state index in [-0.39, 0.29) is 5.97 Å². The number of hydrogen-bond acceptors (Lipinski definition) is 3. The van der Waals surface area contributed by atoms with Crippen molar-refractivity contribution in [2.45, 2.75) is 32.1 Å². The number of aryl methyl sites for hydroxylation is 1. The maximum Gasteiger partial charge on any atom is 0.309 e. The highest BCUT2D eigenvalue weighted by Gasteiger charge is 2.02. The first-order valence-corrected chi connectivity index (χ1v) is 6.11. The van der Waals surface area contributed by atoms with Crippen molar-refractivity contribution in [2.24, 2.45) is 5.73 Å². The van der Waals surface area contributed by atoms with Crippen molar-refractivity contribution in [3.63, 3.8) is 0 Å². The molecule has 1 aromatic carbocycles. The summed E-state index contributed by atoms with van der Waals surface area (Å²) in [6.45, 7) is 0.776. The summed E-state index contributed by atoms with van der Waals surface area (Å²) in [4.78, 5) is 11.1. The summed E-state index contributed by atoms with van der Waals surface area (Å²) in [6.07, 6.45) is 4.89. The Morgan fingerprint density at radius 3 is 2.35 bits per heavy atom. The summed E-state index contributed by atoms with van der Waals surface area (Å²) >= 11 is 0. The van der Waals surface area contributed by atoms with Crippen LogP contribution in [0, 0.1) is 0 Å². The molecule has 0 bridgehead atoms. The second-order valence-electron chi connectivity index (χ2n) is 4.17. The van der Waals surface area contributed by atoms with Crippen LogP contribution in [0.25, 0.3) is 0 Å². The number of carbonyl (C=O) groups is 1. The van der Waals surface area contributed by atoms with Gasteiger partial charge in [0.1, 0.15) is 0 Å². The number of carbonyl (C=O) groups excluding carboxylic acids is 1. The van der Waals surface area contributed by atoms with Crippen LogP contribution in [0.15, 0.2) is 24.3 Å². The van der Waals surface area contributed by atoms with Gasteiger partial charge in [0.25, 0.3) is 0 Å². The van der Waals surface area contributed by atoms with E-state index >= 15 is 0 Å². The monoisotopic (exact) mass is 235 g/mol. The van der Waals surface area contributed by atoms with Gasteiger partial charge in [0, 0.05) is 0 Å². The fourth-order valence-corrected chi connectivity index (χ4v) is 1.71. The fraction of sp³-hybridized carbons (Fsp3) is 0.500. The molecule has 1 rings (SSSR count). The van der Waals surface area contributed by atoms with Gasteiger partial charge in [-0.3, -0.25) is 4.79 Å². The number of ether oxygens (including phenoxy) is 1. The van der Waals surface area contributed by atoms with Crippen molar-refractivity contribution in [1.82, 2.24) is 0 Å². The average Bonchev–Trinajstić information content (AvgIpc) is 2.36. The molecule has 17 heavy (non-hydrogen) atoms. The van der Waals surface area contributed by atoms with Crippen LogP contribution in [-0.2, 0) is 22.4 Å². The Labute approximate surface area is 103 Å². The SMILES string of the molecule is COC(=O)Cc1ccc(CCCCCN)cc1. The molecule has 0 saturated heterocycles. The molecule has 0 saturated carbocycles. The van der Waals surface area contributed by atoms with Crippen LogP contribution in [0.4, 0.5) is 0 Å².